The van der Waals surface area contributed by atoms with Gasteiger partial charge in [-0.2, -0.15) is 5.10 Å². The molecule has 100 valence electrons. The van der Waals surface area contributed by atoms with Gasteiger partial charge in [-0.15, -0.1) is 11.3 Å². The van der Waals surface area contributed by atoms with Gasteiger partial charge in [0.2, 0.25) is 0 Å². The molecule has 0 unspecified atom stereocenters. The first-order valence-corrected chi connectivity index (χ1v) is 7.40. The first-order chi connectivity index (χ1) is 9.69. The zero-order chi connectivity index (χ0) is 14.1. The molecule has 0 N–H and O–H groups in total. The lowest BCUT2D eigenvalue weighted by molar-refractivity contribution is 0.112. The summed E-state index contributed by atoms with van der Waals surface area (Å²) in [6.45, 7) is 0. The number of benzene rings is 1. The Morgan fingerprint density at radius 2 is 2.00 bits per heavy atom. The van der Waals surface area contributed by atoms with Crippen molar-refractivity contribution in [1.29, 1.82) is 0 Å². The van der Waals surface area contributed by atoms with Gasteiger partial charge in [0.1, 0.15) is 11.5 Å². The van der Waals surface area contributed by atoms with E-state index in [4.69, 9.17) is 0 Å². The summed E-state index contributed by atoms with van der Waals surface area (Å²) in [5.74, 6) is -0.308. The second-order valence-corrected chi connectivity index (χ2v) is 5.84. The molecule has 3 rings (SSSR count). The Morgan fingerprint density at radius 1 is 1.25 bits per heavy atom. The fourth-order valence-corrected chi connectivity index (χ4v) is 3.41. The van der Waals surface area contributed by atoms with Crippen LogP contribution >= 0.6 is 27.3 Å². The van der Waals surface area contributed by atoms with Crippen molar-refractivity contribution in [3.8, 4) is 16.3 Å². The lowest BCUT2D eigenvalue weighted by atomic mass is 10.2. The van der Waals surface area contributed by atoms with Crippen LogP contribution in [0.2, 0.25) is 0 Å². The van der Waals surface area contributed by atoms with E-state index in [1.807, 2.05) is 11.4 Å². The molecule has 0 spiro atoms. The number of aldehydes is 1. The summed E-state index contributed by atoms with van der Waals surface area (Å²) in [7, 11) is 0. The first kappa shape index (κ1) is 13.2. The topological polar surface area (TPSA) is 34.9 Å². The van der Waals surface area contributed by atoms with Crippen LogP contribution in [0.5, 0.6) is 0 Å². The predicted molar refractivity (Wildman–Crippen MR) is 79.9 cm³/mol. The maximum atomic E-state index is 12.9. The molecule has 3 nitrogen and oxygen atoms in total. The molecule has 2 heterocycles. The third-order valence-corrected chi connectivity index (χ3v) is 4.64. The highest BCUT2D eigenvalue weighted by Crippen LogP contribution is 2.34. The summed E-state index contributed by atoms with van der Waals surface area (Å²) in [4.78, 5) is 12.1. The summed E-state index contributed by atoms with van der Waals surface area (Å²) in [6, 6.07) is 7.86. The number of thiophene rings is 1. The first-order valence-electron chi connectivity index (χ1n) is 5.73. The minimum absolute atomic E-state index is 0.308. The zero-order valence-corrected chi connectivity index (χ0v) is 12.5. The van der Waals surface area contributed by atoms with E-state index >= 15 is 0 Å². The van der Waals surface area contributed by atoms with Gasteiger partial charge >= 0.3 is 0 Å². The molecule has 0 atom stereocenters. The lowest BCUT2D eigenvalue weighted by Crippen LogP contribution is -1.94. The third-order valence-electron chi connectivity index (χ3n) is 2.79. The molecule has 3 aromatic rings. The molecule has 0 saturated carbocycles. The number of hydrogen-bond donors (Lipinski definition) is 0. The van der Waals surface area contributed by atoms with E-state index in [1.54, 1.807) is 23.0 Å². The fraction of sp³-hybridized carbons (Fsp3) is 0. The van der Waals surface area contributed by atoms with Gasteiger partial charge in [-0.3, -0.25) is 4.79 Å². The van der Waals surface area contributed by atoms with Crippen LogP contribution in [0.1, 0.15) is 10.4 Å². The number of hydrogen-bond acceptors (Lipinski definition) is 3. The predicted octanol–water partition coefficient (Wildman–Crippen LogP) is 4.31. The van der Waals surface area contributed by atoms with Crippen molar-refractivity contribution in [2.24, 2.45) is 0 Å². The van der Waals surface area contributed by atoms with Crippen molar-refractivity contribution in [3.05, 3.63) is 57.8 Å². The molecule has 0 saturated heterocycles. The SMILES string of the molecule is O=Cc1cn(-c2ccc(F)cc2)nc1-c1sccc1Br. The molecular weight excluding hydrogens is 343 g/mol. The molecule has 0 amide bonds. The maximum Gasteiger partial charge on any atom is 0.153 e. The van der Waals surface area contributed by atoms with Gasteiger partial charge in [0.05, 0.1) is 16.1 Å². The molecule has 0 radical (unpaired) electrons. The molecule has 6 heteroatoms. The molecule has 0 aliphatic carbocycles. The van der Waals surface area contributed by atoms with Gasteiger partial charge in [-0.1, -0.05) is 0 Å². The van der Waals surface area contributed by atoms with Crippen molar-refractivity contribution in [2.45, 2.75) is 0 Å². The van der Waals surface area contributed by atoms with E-state index < -0.39 is 0 Å². The van der Waals surface area contributed by atoms with Gasteiger partial charge < -0.3 is 0 Å². The highest BCUT2D eigenvalue weighted by atomic mass is 79.9. The summed E-state index contributed by atoms with van der Waals surface area (Å²) in [6.07, 6.45) is 2.41. The molecule has 0 aliphatic heterocycles. The average Bonchev–Trinajstić information content (AvgIpc) is 3.05. The number of carbonyl (C=O) groups is 1. The Balaban J connectivity index is 2.12. The van der Waals surface area contributed by atoms with Crippen LogP contribution in [0.25, 0.3) is 16.3 Å². The van der Waals surface area contributed by atoms with Crippen molar-refractivity contribution in [1.82, 2.24) is 9.78 Å². The van der Waals surface area contributed by atoms with Crippen molar-refractivity contribution in [3.63, 3.8) is 0 Å². The van der Waals surface area contributed by atoms with E-state index in [0.29, 0.717) is 16.9 Å². The molecule has 20 heavy (non-hydrogen) atoms. The van der Waals surface area contributed by atoms with E-state index in [9.17, 15) is 9.18 Å². The second kappa shape index (κ2) is 5.30. The lowest BCUT2D eigenvalue weighted by Gasteiger charge is -2.00. The number of carbonyl (C=O) groups excluding carboxylic acids is 1. The van der Waals surface area contributed by atoms with E-state index in [0.717, 1.165) is 15.6 Å². The number of rotatable bonds is 3. The highest BCUT2D eigenvalue weighted by molar-refractivity contribution is 9.10. The van der Waals surface area contributed by atoms with Gasteiger partial charge in [0.25, 0.3) is 0 Å². The maximum absolute atomic E-state index is 12.9. The van der Waals surface area contributed by atoms with Crippen LogP contribution in [-0.4, -0.2) is 16.1 Å². The van der Waals surface area contributed by atoms with Gasteiger partial charge in [0, 0.05) is 10.7 Å². The minimum atomic E-state index is -0.308. The molecule has 0 fully saturated rings. The summed E-state index contributed by atoms with van der Waals surface area (Å²) >= 11 is 4.94. The van der Waals surface area contributed by atoms with Crippen molar-refractivity contribution >= 4 is 33.6 Å². The largest absolute Gasteiger partial charge is 0.298 e. The molecule has 1 aromatic carbocycles. The summed E-state index contributed by atoms with van der Waals surface area (Å²) < 4.78 is 15.4. The average molecular weight is 351 g/mol. The van der Waals surface area contributed by atoms with E-state index in [1.165, 1.54) is 23.5 Å². The van der Waals surface area contributed by atoms with Crippen LogP contribution in [0.15, 0.2) is 46.4 Å². The van der Waals surface area contributed by atoms with Crippen LogP contribution in [0.3, 0.4) is 0 Å². The van der Waals surface area contributed by atoms with E-state index in [-0.39, 0.29) is 5.82 Å². The number of halogens is 2. The van der Waals surface area contributed by atoms with Crippen molar-refractivity contribution < 1.29 is 9.18 Å². The Hall–Kier alpha value is -1.79. The monoisotopic (exact) mass is 350 g/mol. The van der Waals surface area contributed by atoms with E-state index in [2.05, 4.69) is 21.0 Å². The Morgan fingerprint density at radius 3 is 2.60 bits per heavy atom. The van der Waals surface area contributed by atoms with Crippen LogP contribution < -0.4 is 0 Å². The standard InChI is InChI=1S/C14H8BrFN2OS/c15-12-5-6-20-14(12)13-9(8-19)7-18(17-13)11-3-1-10(16)2-4-11/h1-8H. The van der Waals surface area contributed by atoms with Gasteiger partial charge in [0.15, 0.2) is 6.29 Å². The Bertz CT molecular complexity index is 764. The fourth-order valence-electron chi connectivity index (χ4n) is 1.84. The minimum Gasteiger partial charge on any atom is -0.298 e. The van der Waals surface area contributed by atoms with Gasteiger partial charge in [-0.05, 0) is 51.6 Å². The zero-order valence-electron chi connectivity index (χ0n) is 10.1. The van der Waals surface area contributed by atoms with Crippen LogP contribution in [-0.2, 0) is 0 Å². The summed E-state index contributed by atoms with van der Waals surface area (Å²) in [5, 5.41) is 6.35. The Labute approximate surface area is 126 Å². The van der Waals surface area contributed by atoms with Crippen LogP contribution in [0, 0.1) is 5.82 Å². The molecular formula is C14H8BrFN2OS. The summed E-state index contributed by atoms with van der Waals surface area (Å²) in [5.41, 5.74) is 1.82. The number of nitrogens with zero attached hydrogens (tertiary/aromatic N) is 2. The normalized spacial score (nSPS) is 10.7. The van der Waals surface area contributed by atoms with Crippen molar-refractivity contribution in [2.75, 3.05) is 0 Å². The third kappa shape index (κ3) is 2.32. The number of aromatic nitrogens is 2. The Kier molecular flexibility index (Phi) is 3.50. The molecule has 0 bridgehead atoms. The molecule has 0 aliphatic rings. The quantitative estimate of drug-likeness (QED) is 0.659. The molecule has 2 aromatic heterocycles. The smallest absolute Gasteiger partial charge is 0.153 e. The second-order valence-electron chi connectivity index (χ2n) is 4.07. The highest BCUT2D eigenvalue weighted by Gasteiger charge is 2.15. The van der Waals surface area contributed by atoms with Gasteiger partial charge in [-0.25, -0.2) is 9.07 Å². The van der Waals surface area contributed by atoms with Crippen LogP contribution in [0.4, 0.5) is 4.39 Å².